The van der Waals surface area contributed by atoms with E-state index in [4.69, 9.17) is 5.73 Å². The Morgan fingerprint density at radius 1 is 0.917 bits per heavy atom. The maximum absolute atomic E-state index is 12.3. The molecule has 0 spiro atoms. The molecule has 0 fully saturated rings. The van der Waals surface area contributed by atoms with E-state index in [9.17, 15) is 9.59 Å². The summed E-state index contributed by atoms with van der Waals surface area (Å²) in [4.78, 5) is 24.1. The van der Waals surface area contributed by atoms with Crippen molar-refractivity contribution in [3.05, 3.63) is 59.7 Å². The molecule has 1 atom stereocenters. The van der Waals surface area contributed by atoms with Gasteiger partial charge in [-0.15, -0.1) is 0 Å². The average molecular weight is 325 g/mol. The summed E-state index contributed by atoms with van der Waals surface area (Å²) in [6.45, 7) is 5.62. The minimum atomic E-state index is -0.750. The first kappa shape index (κ1) is 17.7. The van der Waals surface area contributed by atoms with Crippen LogP contribution in [0.5, 0.6) is 0 Å². The van der Waals surface area contributed by atoms with E-state index in [-0.39, 0.29) is 17.7 Å². The second kappa shape index (κ2) is 7.75. The lowest BCUT2D eigenvalue weighted by Crippen LogP contribution is -2.27. The van der Waals surface area contributed by atoms with E-state index in [2.05, 4.69) is 10.6 Å². The molecule has 2 rings (SSSR count). The summed E-state index contributed by atoms with van der Waals surface area (Å²) in [6, 6.07) is 13.8. The molecular weight excluding hydrogens is 302 g/mol. The number of nitrogens with one attached hydrogen (secondary N) is 2. The van der Waals surface area contributed by atoms with Crippen LogP contribution in [-0.2, 0) is 9.59 Å². The number of nitrogens with two attached hydrogens (primary N) is 1. The summed E-state index contributed by atoms with van der Waals surface area (Å²) >= 11 is 0. The van der Waals surface area contributed by atoms with Crippen LogP contribution in [0, 0.1) is 12.8 Å². The monoisotopic (exact) mass is 325 g/mol. The molecule has 0 aliphatic carbocycles. The predicted octanol–water partition coefficient (Wildman–Crippen LogP) is 3.23. The number of carbonyl (C=O) groups is 2. The van der Waals surface area contributed by atoms with Crippen LogP contribution in [0.2, 0.25) is 0 Å². The molecule has 126 valence electrons. The smallest absolute Gasteiger partial charge is 0.245 e. The number of aryl methyl sites for hydroxylation is 1. The zero-order valence-electron chi connectivity index (χ0n) is 14.2. The largest absolute Gasteiger partial charge is 0.326 e. The fourth-order valence-corrected chi connectivity index (χ4v) is 2.11. The fourth-order valence-electron chi connectivity index (χ4n) is 2.11. The van der Waals surface area contributed by atoms with Crippen LogP contribution in [0.3, 0.4) is 0 Å². The Morgan fingerprint density at radius 2 is 1.46 bits per heavy atom. The van der Waals surface area contributed by atoms with E-state index in [1.54, 1.807) is 24.3 Å². The first-order valence-corrected chi connectivity index (χ1v) is 7.91. The third-order valence-corrected chi connectivity index (χ3v) is 3.64. The van der Waals surface area contributed by atoms with Gasteiger partial charge >= 0.3 is 0 Å². The highest BCUT2D eigenvalue weighted by Gasteiger charge is 2.16. The van der Waals surface area contributed by atoms with Crippen LogP contribution >= 0.6 is 0 Å². The Labute approximate surface area is 142 Å². The Morgan fingerprint density at radius 3 is 2.00 bits per heavy atom. The van der Waals surface area contributed by atoms with Crippen LogP contribution in [0.4, 0.5) is 11.4 Å². The van der Waals surface area contributed by atoms with Gasteiger partial charge in [-0.05, 0) is 30.7 Å². The van der Waals surface area contributed by atoms with Crippen molar-refractivity contribution >= 4 is 23.2 Å². The molecule has 2 aromatic rings. The Hall–Kier alpha value is -2.66. The molecule has 4 N–H and O–H groups in total. The fraction of sp³-hybridized carbons (Fsp3) is 0.263. The Bertz CT molecular complexity index is 724. The Kier molecular flexibility index (Phi) is 5.71. The average Bonchev–Trinajstić information content (AvgIpc) is 2.55. The zero-order valence-corrected chi connectivity index (χ0v) is 14.2. The third kappa shape index (κ3) is 4.67. The lowest BCUT2D eigenvalue weighted by atomic mass is 10.1. The normalized spacial score (nSPS) is 11.9. The molecule has 0 saturated heterocycles. The van der Waals surface area contributed by atoms with Gasteiger partial charge in [-0.25, -0.2) is 0 Å². The summed E-state index contributed by atoms with van der Waals surface area (Å²) in [7, 11) is 0. The van der Waals surface area contributed by atoms with Crippen molar-refractivity contribution in [2.75, 3.05) is 10.6 Å². The highest BCUT2D eigenvalue weighted by molar-refractivity contribution is 5.97. The Balaban J connectivity index is 2.06. The van der Waals surface area contributed by atoms with E-state index < -0.39 is 6.04 Å². The summed E-state index contributed by atoms with van der Waals surface area (Å²) < 4.78 is 0. The second-order valence-electron chi connectivity index (χ2n) is 6.10. The van der Waals surface area contributed by atoms with Crippen molar-refractivity contribution in [1.29, 1.82) is 0 Å². The number of rotatable bonds is 5. The number of carbonyl (C=O) groups excluding carboxylic acids is 2. The molecule has 0 aromatic heterocycles. The first-order valence-electron chi connectivity index (χ1n) is 7.91. The number of hydrogen-bond acceptors (Lipinski definition) is 3. The van der Waals surface area contributed by atoms with Crippen LogP contribution in [0.15, 0.2) is 48.5 Å². The second-order valence-corrected chi connectivity index (χ2v) is 6.10. The molecular formula is C19H23N3O2. The van der Waals surface area contributed by atoms with Gasteiger partial charge in [0.1, 0.15) is 6.04 Å². The topological polar surface area (TPSA) is 84.2 Å². The highest BCUT2D eigenvalue weighted by Crippen LogP contribution is 2.18. The summed E-state index contributed by atoms with van der Waals surface area (Å²) in [5, 5.41) is 5.58. The van der Waals surface area contributed by atoms with E-state index in [1.165, 1.54) is 0 Å². The van der Waals surface area contributed by atoms with Gasteiger partial charge in [-0.3, -0.25) is 9.59 Å². The zero-order chi connectivity index (χ0) is 17.7. The van der Waals surface area contributed by atoms with Crippen LogP contribution in [0.1, 0.15) is 31.0 Å². The van der Waals surface area contributed by atoms with Crippen LogP contribution in [-0.4, -0.2) is 11.8 Å². The molecule has 2 amide bonds. The molecule has 2 aromatic carbocycles. The van der Waals surface area contributed by atoms with Crippen LogP contribution in [0.25, 0.3) is 0 Å². The number of anilines is 2. The molecule has 0 aliphatic heterocycles. The number of hydrogen-bond donors (Lipinski definition) is 3. The lowest BCUT2D eigenvalue weighted by molar-refractivity contribution is -0.119. The molecule has 5 heteroatoms. The van der Waals surface area contributed by atoms with E-state index in [0.29, 0.717) is 11.4 Å². The summed E-state index contributed by atoms with van der Waals surface area (Å²) in [5.74, 6) is -0.487. The summed E-state index contributed by atoms with van der Waals surface area (Å²) in [5.41, 5.74) is 9.10. The van der Waals surface area contributed by atoms with Gasteiger partial charge in [0.25, 0.3) is 0 Å². The van der Waals surface area contributed by atoms with Crippen molar-refractivity contribution < 1.29 is 9.59 Å². The van der Waals surface area contributed by atoms with Crippen molar-refractivity contribution in [1.82, 2.24) is 0 Å². The van der Waals surface area contributed by atoms with Gasteiger partial charge in [0.2, 0.25) is 11.8 Å². The van der Waals surface area contributed by atoms with E-state index in [0.717, 1.165) is 11.1 Å². The van der Waals surface area contributed by atoms with E-state index in [1.807, 2.05) is 45.0 Å². The molecule has 0 radical (unpaired) electrons. The molecule has 0 aliphatic rings. The number of benzene rings is 2. The van der Waals surface area contributed by atoms with Crippen molar-refractivity contribution in [3.63, 3.8) is 0 Å². The molecule has 5 nitrogen and oxygen atoms in total. The molecule has 0 bridgehead atoms. The molecule has 0 saturated carbocycles. The van der Waals surface area contributed by atoms with Gasteiger partial charge in [0.15, 0.2) is 0 Å². The first-order chi connectivity index (χ1) is 11.4. The van der Waals surface area contributed by atoms with Crippen molar-refractivity contribution in [3.8, 4) is 0 Å². The van der Waals surface area contributed by atoms with E-state index >= 15 is 0 Å². The van der Waals surface area contributed by atoms with Gasteiger partial charge < -0.3 is 16.4 Å². The van der Waals surface area contributed by atoms with Gasteiger partial charge in [-0.2, -0.15) is 0 Å². The predicted molar refractivity (Wildman–Crippen MR) is 96.6 cm³/mol. The van der Waals surface area contributed by atoms with Crippen molar-refractivity contribution in [2.45, 2.75) is 26.8 Å². The van der Waals surface area contributed by atoms with Gasteiger partial charge in [0.05, 0.1) is 0 Å². The summed E-state index contributed by atoms with van der Waals surface area (Å²) in [6.07, 6.45) is 0. The SMILES string of the molecule is Cc1ccc(C(N)C(=O)Nc2cccc(NC(=O)C(C)C)c2)cc1. The maximum Gasteiger partial charge on any atom is 0.245 e. The maximum atomic E-state index is 12.3. The molecule has 24 heavy (non-hydrogen) atoms. The minimum Gasteiger partial charge on any atom is -0.326 e. The van der Waals surface area contributed by atoms with Crippen molar-refractivity contribution in [2.24, 2.45) is 11.7 Å². The molecule has 0 heterocycles. The quantitative estimate of drug-likeness (QED) is 0.789. The van der Waals surface area contributed by atoms with Gasteiger partial charge in [-0.1, -0.05) is 49.7 Å². The van der Waals surface area contributed by atoms with Gasteiger partial charge in [0, 0.05) is 17.3 Å². The highest BCUT2D eigenvalue weighted by atomic mass is 16.2. The lowest BCUT2D eigenvalue weighted by Gasteiger charge is -2.14. The molecule has 1 unspecified atom stereocenters. The standard InChI is InChI=1S/C19H23N3O2/c1-12(2)18(23)21-15-5-4-6-16(11-15)22-19(24)17(20)14-9-7-13(3)8-10-14/h4-12,17H,20H2,1-3H3,(H,21,23)(H,22,24). The van der Waals surface area contributed by atoms with Crippen LogP contribution < -0.4 is 16.4 Å². The third-order valence-electron chi connectivity index (χ3n) is 3.64. The number of amides is 2. The minimum absolute atomic E-state index is 0.0742.